The average Bonchev–Trinajstić information content (AvgIpc) is 2.80. The number of allylic oxidation sites excluding steroid dienone is 2. The number of nitriles is 1. The van der Waals surface area contributed by atoms with E-state index < -0.39 is 5.92 Å². The Hall–Kier alpha value is -3.19. The quantitative estimate of drug-likeness (QED) is 0.640. The number of benzene rings is 2. The molecule has 0 radical (unpaired) electrons. The fourth-order valence-electron chi connectivity index (χ4n) is 5.03. The smallest absolute Gasteiger partial charge is 0.161 e. The summed E-state index contributed by atoms with van der Waals surface area (Å²) in [6.07, 6.45) is 1.22. The van der Waals surface area contributed by atoms with Gasteiger partial charge in [-0.25, -0.2) is 0 Å². The number of nitrogens with zero attached hydrogens (tertiary/aromatic N) is 3. The summed E-state index contributed by atoms with van der Waals surface area (Å²) in [5, 5.41) is 9.95. The van der Waals surface area contributed by atoms with Crippen molar-refractivity contribution in [3.8, 4) is 6.07 Å². The van der Waals surface area contributed by atoms with Crippen molar-refractivity contribution in [3.05, 3.63) is 77.0 Å². The van der Waals surface area contributed by atoms with Gasteiger partial charge in [-0.1, -0.05) is 42.5 Å². The molecule has 2 aliphatic rings. The molecule has 0 bridgehead atoms. The van der Waals surface area contributed by atoms with Crippen molar-refractivity contribution >= 4 is 17.2 Å². The van der Waals surface area contributed by atoms with E-state index in [0.717, 1.165) is 47.7 Å². The molecule has 4 nitrogen and oxygen atoms in total. The molecule has 4 rings (SSSR count). The molecule has 0 spiro atoms. The summed E-state index contributed by atoms with van der Waals surface area (Å²) in [5.41, 5.74) is 5.79. The molecule has 158 valence electrons. The summed E-state index contributed by atoms with van der Waals surface area (Å²) in [6, 6.07) is 21.0. The minimum absolute atomic E-state index is 0.129. The van der Waals surface area contributed by atoms with Crippen LogP contribution in [-0.4, -0.2) is 24.6 Å². The normalized spacial score (nSPS) is 23.1. The van der Waals surface area contributed by atoms with Crippen molar-refractivity contribution < 1.29 is 4.79 Å². The molecule has 0 N–H and O–H groups in total. The molecule has 3 atom stereocenters. The minimum atomic E-state index is -0.407. The molecule has 2 aromatic carbocycles. The highest BCUT2D eigenvalue weighted by Crippen LogP contribution is 2.46. The van der Waals surface area contributed by atoms with Gasteiger partial charge in [-0.05, 0) is 56.4 Å². The Bertz CT molecular complexity index is 1060. The number of ketones is 1. The first-order valence-corrected chi connectivity index (χ1v) is 11.2. The maximum absolute atomic E-state index is 13.4. The summed E-state index contributed by atoms with van der Waals surface area (Å²) in [6.45, 7) is 8.10. The van der Waals surface area contributed by atoms with Gasteiger partial charge < -0.3 is 4.90 Å². The second-order valence-corrected chi connectivity index (χ2v) is 8.40. The summed E-state index contributed by atoms with van der Waals surface area (Å²) < 4.78 is 0. The van der Waals surface area contributed by atoms with Crippen LogP contribution in [0.25, 0.3) is 0 Å². The first-order valence-electron chi connectivity index (χ1n) is 11.2. The number of anilines is 1. The summed E-state index contributed by atoms with van der Waals surface area (Å²) in [5.74, 6) is -0.375. The molecule has 0 fully saturated rings. The Labute approximate surface area is 184 Å². The molecular weight excluding hydrogens is 382 g/mol. The van der Waals surface area contributed by atoms with E-state index in [4.69, 9.17) is 4.99 Å². The molecule has 0 saturated heterocycles. The molecule has 2 aromatic rings. The van der Waals surface area contributed by atoms with Gasteiger partial charge in [0.25, 0.3) is 0 Å². The number of carbonyl (C=O) groups excluding carboxylic acids is 1. The second-order valence-electron chi connectivity index (χ2n) is 8.40. The molecule has 4 heteroatoms. The molecule has 0 saturated carbocycles. The van der Waals surface area contributed by atoms with E-state index in [9.17, 15) is 10.1 Å². The van der Waals surface area contributed by atoms with Crippen LogP contribution in [0.5, 0.6) is 0 Å². The number of carbonyl (C=O) groups is 1. The molecule has 1 aliphatic carbocycles. The predicted octanol–water partition coefficient (Wildman–Crippen LogP) is 5.63. The second kappa shape index (κ2) is 8.89. The summed E-state index contributed by atoms with van der Waals surface area (Å²) in [4.78, 5) is 20.5. The standard InChI is InChI=1S/C27H29N3O/c1-4-30(5-2)22-13-11-20(12-14-22)26-23(17-28)18(3)29-24-15-21(16-25(31)27(24)26)19-9-7-6-8-10-19/h6-14,21,23,26H,4-5,15-16H2,1-3H3/t21-,23?,26-/m0/s1. The Morgan fingerprint density at radius 2 is 1.68 bits per heavy atom. The molecule has 0 amide bonds. The van der Waals surface area contributed by atoms with Gasteiger partial charge in [-0.15, -0.1) is 0 Å². The number of Topliss-reactive ketones (excluding diaryl/α,β-unsaturated/α-hetero) is 1. The maximum Gasteiger partial charge on any atom is 0.161 e. The van der Waals surface area contributed by atoms with E-state index in [-0.39, 0.29) is 17.6 Å². The van der Waals surface area contributed by atoms with Gasteiger partial charge in [-0.2, -0.15) is 5.26 Å². The lowest BCUT2D eigenvalue weighted by molar-refractivity contribution is -0.116. The zero-order valence-corrected chi connectivity index (χ0v) is 18.5. The van der Waals surface area contributed by atoms with Crippen LogP contribution in [0.1, 0.15) is 56.6 Å². The van der Waals surface area contributed by atoms with Crippen molar-refractivity contribution in [1.29, 1.82) is 5.26 Å². The van der Waals surface area contributed by atoms with Crippen LogP contribution in [0.2, 0.25) is 0 Å². The van der Waals surface area contributed by atoms with Crippen LogP contribution in [0, 0.1) is 17.2 Å². The molecule has 0 aromatic heterocycles. The Morgan fingerprint density at radius 3 is 2.29 bits per heavy atom. The van der Waals surface area contributed by atoms with E-state index in [1.165, 1.54) is 5.56 Å². The van der Waals surface area contributed by atoms with Gasteiger partial charge in [0.1, 0.15) is 0 Å². The van der Waals surface area contributed by atoms with Crippen molar-refractivity contribution in [1.82, 2.24) is 0 Å². The van der Waals surface area contributed by atoms with Crippen molar-refractivity contribution in [2.24, 2.45) is 10.9 Å². The number of aliphatic imine (C=N–C) groups is 1. The average molecular weight is 412 g/mol. The predicted molar refractivity (Wildman–Crippen MR) is 125 cm³/mol. The highest BCUT2D eigenvalue weighted by atomic mass is 16.1. The SMILES string of the molecule is CCN(CC)c1ccc([C@@H]2C3=C(C[C@H](c4ccccc4)CC3=O)N=C(C)C2C#N)cc1. The van der Waals surface area contributed by atoms with Crippen LogP contribution in [-0.2, 0) is 4.79 Å². The Balaban J connectivity index is 1.73. The molecular formula is C27H29N3O. The minimum Gasteiger partial charge on any atom is -0.372 e. The van der Waals surface area contributed by atoms with Gasteiger partial charge in [0.05, 0.1) is 12.0 Å². The fraction of sp³-hybridized carbons (Fsp3) is 0.370. The number of hydrogen-bond donors (Lipinski definition) is 0. The van der Waals surface area contributed by atoms with Crippen LogP contribution >= 0.6 is 0 Å². The van der Waals surface area contributed by atoms with Crippen LogP contribution < -0.4 is 4.90 Å². The van der Waals surface area contributed by atoms with E-state index in [1.807, 2.05) is 25.1 Å². The highest BCUT2D eigenvalue weighted by molar-refractivity contribution is 6.03. The third kappa shape index (κ3) is 3.93. The van der Waals surface area contributed by atoms with Gasteiger partial charge in [0.2, 0.25) is 0 Å². The first kappa shape index (κ1) is 21.1. The van der Waals surface area contributed by atoms with Crippen LogP contribution in [0.15, 0.2) is 70.9 Å². The number of hydrogen-bond acceptors (Lipinski definition) is 4. The van der Waals surface area contributed by atoms with Gasteiger partial charge in [0.15, 0.2) is 5.78 Å². The Morgan fingerprint density at radius 1 is 1.00 bits per heavy atom. The topological polar surface area (TPSA) is 56.5 Å². The highest BCUT2D eigenvalue weighted by Gasteiger charge is 2.41. The third-order valence-electron chi connectivity index (χ3n) is 6.68. The molecule has 1 unspecified atom stereocenters. The van der Waals surface area contributed by atoms with Crippen molar-refractivity contribution in [3.63, 3.8) is 0 Å². The van der Waals surface area contributed by atoms with E-state index in [0.29, 0.717) is 6.42 Å². The van der Waals surface area contributed by atoms with E-state index in [1.54, 1.807) is 0 Å². The Kier molecular flexibility index (Phi) is 6.04. The van der Waals surface area contributed by atoms with Gasteiger partial charge in [-0.3, -0.25) is 9.79 Å². The first-order chi connectivity index (χ1) is 15.1. The number of rotatable bonds is 5. The lowest BCUT2D eigenvalue weighted by Gasteiger charge is -2.35. The van der Waals surface area contributed by atoms with Crippen LogP contribution in [0.4, 0.5) is 5.69 Å². The van der Waals surface area contributed by atoms with E-state index >= 15 is 0 Å². The summed E-state index contributed by atoms with van der Waals surface area (Å²) in [7, 11) is 0. The van der Waals surface area contributed by atoms with Crippen LogP contribution in [0.3, 0.4) is 0 Å². The fourth-order valence-corrected chi connectivity index (χ4v) is 5.03. The maximum atomic E-state index is 13.4. The lowest BCUT2D eigenvalue weighted by Crippen LogP contribution is -2.32. The monoisotopic (exact) mass is 411 g/mol. The largest absolute Gasteiger partial charge is 0.372 e. The van der Waals surface area contributed by atoms with Crippen molar-refractivity contribution in [2.75, 3.05) is 18.0 Å². The zero-order chi connectivity index (χ0) is 22.0. The van der Waals surface area contributed by atoms with Gasteiger partial charge >= 0.3 is 0 Å². The third-order valence-corrected chi connectivity index (χ3v) is 6.68. The zero-order valence-electron chi connectivity index (χ0n) is 18.5. The molecule has 31 heavy (non-hydrogen) atoms. The lowest BCUT2D eigenvalue weighted by atomic mass is 9.69. The van der Waals surface area contributed by atoms with Gasteiger partial charge in [0, 0.05) is 48.1 Å². The molecule has 1 heterocycles. The van der Waals surface area contributed by atoms with E-state index in [2.05, 4.69) is 61.2 Å². The van der Waals surface area contributed by atoms with Crippen molar-refractivity contribution in [2.45, 2.75) is 45.4 Å². The summed E-state index contributed by atoms with van der Waals surface area (Å²) >= 11 is 0. The molecule has 1 aliphatic heterocycles.